The molecule has 0 aromatic carbocycles. The van der Waals surface area contributed by atoms with E-state index in [1.54, 1.807) is 8.58 Å². The van der Waals surface area contributed by atoms with E-state index in [0.717, 1.165) is 5.66 Å². The summed E-state index contributed by atoms with van der Waals surface area (Å²) in [5.74, 6) is 0. The maximum Gasteiger partial charge on any atom is -0.0170 e. The van der Waals surface area contributed by atoms with Crippen LogP contribution in [0.25, 0.3) is 0 Å². The predicted octanol–water partition coefficient (Wildman–Crippen LogP) is 5.63. The monoisotopic (exact) mass is 227 g/mol. The van der Waals surface area contributed by atoms with E-state index in [9.17, 15) is 0 Å². The van der Waals surface area contributed by atoms with E-state index in [1.165, 1.54) is 76.8 Å². The summed E-state index contributed by atoms with van der Waals surface area (Å²) in [6, 6.07) is 0. The zero-order valence-electron chi connectivity index (χ0n) is 10.5. The second-order valence-corrected chi connectivity index (χ2v) is 6.64. The fraction of sp³-hybridized carbons (Fsp3) is 1.00. The van der Waals surface area contributed by atoms with Crippen LogP contribution in [0.5, 0.6) is 0 Å². The van der Waals surface area contributed by atoms with Crippen LogP contribution in [0.2, 0.25) is 0 Å². The summed E-state index contributed by atoms with van der Waals surface area (Å²) in [5, 5.41) is 0. The molecule has 0 aromatic rings. The molecule has 1 fully saturated rings. The molecule has 1 heteroatoms. The van der Waals surface area contributed by atoms with Gasteiger partial charge in [-0.3, -0.25) is 0 Å². The van der Waals surface area contributed by atoms with Crippen molar-refractivity contribution in [2.24, 2.45) is 0 Å². The molecule has 1 aliphatic rings. The van der Waals surface area contributed by atoms with E-state index in [2.05, 4.69) is 6.92 Å². The lowest BCUT2D eigenvalue weighted by atomic mass is 10.0. The van der Waals surface area contributed by atoms with Crippen molar-refractivity contribution in [1.29, 1.82) is 0 Å². The van der Waals surface area contributed by atoms with Gasteiger partial charge in [0.05, 0.1) is 0 Å². The van der Waals surface area contributed by atoms with Crippen molar-refractivity contribution >= 4 is 8.58 Å². The first-order valence-electron chi connectivity index (χ1n) is 7.10. The third-order valence-electron chi connectivity index (χ3n) is 3.52. The van der Waals surface area contributed by atoms with Crippen LogP contribution in [0.1, 0.15) is 77.6 Å². The van der Waals surface area contributed by atoms with Crippen LogP contribution in [-0.4, -0.2) is 11.8 Å². The van der Waals surface area contributed by atoms with Crippen LogP contribution in [0.3, 0.4) is 0 Å². The van der Waals surface area contributed by atoms with Gasteiger partial charge in [0.25, 0.3) is 0 Å². The smallest absolute Gasteiger partial charge is 0.0170 e. The van der Waals surface area contributed by atoms with Gasteiger partial charge in [0.15, 0.2) is 0 Å². The highest BCUT2D eigenvalue weighted by Crippen LogP contribution is 2.29. The van der Waals surface area contributed by atoms with E-state index in [1.807, 2.05) is 0 Å². The molecule has 1 aliphatic carbocycles. The van der Waals surface area contributed by atoms with Gasteiger partial charge in [-0.15, -0.1) is 0 Å². The lowest BCUT2D eigenvalue weighted by Crippen LogP contribution is -2.02. The fourth-order valence-electron chi connectivity index (χ4n) is 2.58. The maximum atomic E-state index is 2.33. The lowest BCUT2D eigenvalue weighted by Gasteiger charge is -2.16. The summed E-state index contributed by atoms with van der Waals surface area (Å²) in [5.41, 5.74) is 1.04. The summed E-state index contributed by atoms with van der Waals surface area (Å²) in [7, 11) is 1.73. The van der Waals surface area contributed by atoms with Crippen molar-refractivity contribution in [2.45, 2.75) is 83.2 Å². The summed E-state index contributed by atoms with van der Waals surface area (Å²) >= 11 is 0. The molecule has 15 heavy (non-hydrogen) atoms. The molecule has 89 valence electrons. The van der Waals surface area contributed by atoms with Gasteiger partial charge in [0, 0.05) is 0 Å². The Kier molecular flexibility index (Phi) is 8.67. The molecule has 0 atom stereocenters. The van der Waals surface area contributed by atoms with E-state index in [-0.39, 0.29) is 0 Å². The molecule has 0 amide bonds. The molecule has 1 rings (SSSR count). The number of hydrogen-bond donors (Lipinski definition) is 0. The Morgan fingerprint density at radius 1 is 0.733 bits per heavy atom. The SMILES string of the molecule is CC[P]C1CCCCCCCCCCC1. The van der Waals surface area contributed by atoms with Gasteiger partial charge in [-0.05, 0) is 24.7 Å². The Bertz CT molecular complexity index is 121. The third-order valence-corrected chi connectivity index (χ3v) is 4.91. The van der Waals surface area contributed by atoms with Gasteiger partial charge < -0.3 is 0 Å². The maximum absolute atomic E-state index is 2.33. The second-order valence-electron chi connectivity index (χ2n) is 4.91. The molecular weight excluding hydrogens is 199 g/mol. The molecular formula is C14H28P. The predicted molar refractivity (Wildman–Crippen MR) is 72.0 cm³/mol. The minimum absolute atomic E-state index is 1.04. The molecule has 1 saturated carbocycles. The standard InChI is InChI=1S/C14H28P/c1-2-15-14-12-10-8-6-4-3-5-7-9-11-13-14/h14H,2-13H2,1H3. The minimum atomic E-state index is 1.04. The van der Waals surface area contributed by atoms with Crippen LogP contribution in [-0.2, 0) is 0 Å². The molecule has 0 aliphatic heterocycles. The normalized spacial score (nSPS) is 23.8. The molecule has 1 radical (unpaired) electrons. The Morgan fingerprint density at radius 3 is 1.53 bits per heavy atom. The van der Waals surface area contributed by atoms with Crippen molar-refractivity contribution in [3.05, 3.63) is 0 Å². The van der Waals surface area contributed by atoms with E-state index in [0.29, 0.717) is 0 Å². The highest BCUT2D eigenvalue weighted by Gasteiger charge is 2.08. The summed E-state index contributed by atoms with van der Waals surface area (Å²) < 4.78 is 0. The molecule has 0 heterocycles. The third kappa shape index (κ3) is 7.34. The molecule has 0 aromatic heterocycles. The first-order chi connectivity index (χ1) is 7.43. The highest BCUT2D eigenvalue weighted by atomic mass is 31.1. The van der Waals surface area contributed by atoms with Gasteiger partial charge in [-0.1, -0.05) is 73.3 Å². The van der Waals surface area contributed by atoms with Crippen LogP contribution < -0.4 is 0 Å². The van der Waals surface area contributed by atoms with Crippen molar-refractivity contribution in [1.82, 2.24) is 0 Å². The van der Waals surface area contributed by atoms with Gasteiger partial charge in [0.1, 0.15) is 0 Å². The lowest BCUT2D eigenvalue weighted by molar-refractivity contribution is 0.508. The largest absolute Gasteiger partial charge is 0.0778 e. The first kappa shape index (κ1) is 13.5. The van der Waals surface area contributed by atoms with E-state index in [4.69, 9.17) is 0 Å². The van der Waals surface area contributed by atoms with Gasteiger partial charge in [0.2, 0.25) is 0 Å². The average molecular weight is 227 g/mol. The summed E-state index contributed by atoms with van der Waals surface area (Å²) in [6.45, 7) is 2.33. The van der Waals surface area contributed by atoms with Crippen LogP contribution in [0.15, 0.2) is 0 Å². The van der Waals surface area contributed by atoms with Crippen LogP contribution in [0, 0.1) is 0 Å². The Labute approximate surface area is 98.4 Å². The zero-order valence-corrected chi connectivity index (χ0v) is 11.4. The summed E-state index contributed by atoms with van der Waals surface area (Å²) in [6.07, 6.45) is 17.9. The van der Waals surface area contributed by atoms with Crippen LogP contribution in [0.4, 0.5) is 0 Å². The van der Waals surface area contributed by atoms with E-state index >= 15 is 0 Å². The molecule has 0 spiro atoms. The van der Waals surface area contributed by atoms with Gasteiger partial charge >= 0.3 is 0 Å². The molecule has 0 bridgehead atoms. The average Bonchev–Trinajstić information content (AvgIpc) is 2.22. The van der Waals surface area contributed by atoms with Crippen LogP contribution >= 0.6 is 8.58 Å². The van der Waals surface area contributed by atoms with Crippen molar-refractivity contribution in [3.8, 4) is 0 Å². The minimum Gasteiger partial charge on any atom is -0.0778 e. The van der Waals surface area contributed by atoms with Crippen molar-refractivity contribution in [2.75, 3.05) is 6.16 Å². The summed E-state index contributed by atoms with van der Waals surface area (Å²) in [4.78, 5) is 0. The number of hydrogen-bond acceptors (Lipinski definition) is 0. The second kappa shape index (κ2) is 9.64. The van der Waals surface area contributed by atoms with Crippen molar-refractivity contribution in [3.63, 3.8) is 0 Å². The quantitative estimate of drug-likeness (QED) is 0.537. The molecule has 0 N–H and O–H groups in total. The Hall–Kier alpha value is 0.430. The zero-order chi connectivity index (χ0) is 10.8. The fourth-order valence-corrected chi connectivity index (χ4v) is 3.83. The number of rotatable bonds is 2. The highest BCUT2D eigenvalue weighted by molar-refractivity contribution is 7.38. The molecule has 0 nitrogen and oxygen atoms in total. The Balaban J connectivity index is 2.19. The van der Waals surface area contributed by atoms with Crippen molar-refractivity contribution < 1.29 is 0 Å². The van der Waals surface area contributed by atoms with Gasteiger partial charge in [-0.2, -0.15) is 0 Å². The molecule has 0 saturated heterocycles. The van der Waals surface area contributed by atoms with Gasteiger partial charge in [-0.25, -0.2) is 0 Å². The first-order valence-corrected chi connectivity index (χ1v) is 8.25. The topological polar surface area (TPSA) is 0 Å². The Morgan fingerprint density at radius 2 is 1.13 bits per heavy atom. The van der Waals surface area contributed by atoms with E-state index < -0.39 is 0 Å². The molecule has 0 unspecified atom stereocenters.